The van der Waals surface area contributed by atoms with Crippen molar-refractivity contribution in [2.45, 2.75) is 44.9 Å². The minimum absolute atomic E-state index is 0.688. The predicted molar refractivity (Wildman–Crippen MR) is 87.8 cm³/mol. The lowest BCUT2D eigenvalue weighted by molar-refractivity contribution is 0.626. The molecule has 0 aliphatic carbocycles. The topological polar surface area (TPSA) is 0 Å². The first-order valence-electron chi connectivity index (χ1n) is 7.80. The van der Waals surface area contributed by atoms with Gasteiger partial charge < -0.3 is 0 Å². The first-order valence-corrected chi connectivity index (χ1v) is 7.80. The van der Waals surface area contributed by atoms with Gasteiger partial charge >= 0.3 is 0 Å². The minimum Gasteiger partial charge on any atom is -0.0648 e. The summed E-state index contributed by atoms with van der Waals surface area (Å²) < 4.78 is 0. The lowest BCUT2D eigenvalue weighted by Crippen LogP contribution is -1.98. The monoisotopic (exact) mass is 265 g/mol. The lowest BCUT2D eigenvalue weighted by Gasteiger charge is -2.14. The van der Waals surface area contributed by atoms with Crippen LogP contribution in [0.3, 0.4) is 0 Å². The van der Waals surface area contributed by atoms with E-state index in [9.17, 15) is 0 Å². The summed E-state index contributed by atoms with van der Waals surface area (Å²) in [6.45, 7) is 2.29. The maximum Gasteiger partial charge on any atom is -0.0162 e. The van der Waals surface area contributed by atoms with Gasteiger partial charge in [-0.3, -0.25) is 0 Å². The number of unbranched alkanes of at least 4 members (excludes halogenated alkanes) is 2. The smallest absolute Gasteiger partial charge is 0.0162 e. The number of hydrogen-bond acceptors (Lipinski definition) is 0. The maximum atomic E-state index is 2.48. The zero-order valence-corrected chi connectivity index (χ0v) is 12.5. The van der Waals surface area contributed by atoms with Crippen molar-refractivity contribution in [1.29, 1.82) is 0 Å². The molecule has 0 heterocycles. The summed E-state index contributed by atoms with van der Waals surface area (Å²) in [4.78, 5) is 0. The first-order chi connectivity index (χ1) is 9.90. The molecule has 0 nitrogen and oxygen atoms in total. The van der Waals surface area contributed by atoms with Crippen LogP contribution < -0.4 is 0 Å². The molecule has 2 aromatic rings. The summed E-state index contributed by atoms with van der Waals surface area (Å²) in [5.41, 5.74) is 2.94. The third-order valence-corrected chi connectivity index (χ3v) is 3.93. The van der Waals surface area contributed by atoms with Crippen molar-refractivity contribution in [3.8, 4) is 0 Å². The molecule has 0 spiro atoms. The molecule has 0 saturated heterocycles. The summed E-state index contributed by atoms with van der Waals surface area (Å²) in [5.74, 6) is 0.688. The van der Waals surface area contributed by atoms with Gasteiger partial charge in [-0.1, -0.05) is 67.6 Å². The van der Waals surface area contributed by atoms with Gasteiger partial charge in [-0.05, 0) is 55.6 Å². The standard InChI is InChI=1S/C20H25/c1-2-19(20-16-10-5-11-17-20)15-9-4-8-14-18-12-6-3-7-13-18/h3,5-7,9-13,16-17,19H,2,4,8,14-15H2,1H3. The van der Waals surface area contributed by atoms with Crippen molar-refractivity contribution in [1.82, 2.24) is 0 Å². The average molecular weight is 265 g/mol. The molecule has 0 heteroatoms. The molecule has 0 amide bonds. The van der Waals surface area contributed by atoms with E-state index >= 15 is 0 Å². The quantitative estimate of drug-likeness (QED) is 0.529. The van der Waals surface area contributed by atoms with Crippen molar-refractivity contribution in [3.63, 3.8) is 0 Å². The van der Waals surface area contributed by atoms with E-state index in [2.05, 4.69) is 74.0 Å². The highest BCUT2D eigenvalue weighted by molar-refractivity contribution is 5.19. The summed E-state index contributed by atoms with van der Waals surface area (Å²) >= 11 is 0. The Labute approximate surface area is 123 Å². The molecule has 1 unspecified atom stereocenters. The van der Waals surface area contributed by atoms with Crippen molar-refractivity contribution in [2.24, 2.45) is 0 Å². The van der Waals surface area contributed by atoms with Gasteiger partial charge in [0.15, 0.2) is 0 Å². The molecule has 0 fully saturated rings. The van der Waals surface area contributed by atoms with Crippen LogP contribution >= 0.6 is 0 Å². The third kappa shape index (κ3) is 4.85. The SMILES string of the molecule is CCC(C[CH]CCCc1ccccc1)c1ccccc1. The van der Waals surface area contributed by atoms with Gasteiger partial charge in [0.2, 0.25) is 0 Å². The fraction of sp³-hybridized carbons (Fsp3) is 0.350. The number of hydrogen-bond donors (Lipinski definition) is 0. The Balaban J connectivity index is 1.67. The van der Waals surface area contributed by atoms with E-state index in [-0.39, 0.29) is 0 Å². The lowest BCUT2D eigenvalue weighted by atomic mass is 9.91. The van der Waals surface area contributed by atoms with E-state index in [0.717, 1.165) is 0 Å². The van der Waals surface area contributed by atoms with Crippen molar-refractivity contribution < 1.29 is 0 Å². The van der Waals surface area contributed by atoms with Crippen molar-refractivity contribution >= 4 is 0 Å². The molecule has 0 bridgehead atoms. The summed E-state index contributed by atoms with van der Waals surface area (Å²) in [6.07, 6.45) is 8.57. The maximum absolute atomic E-state index is 2.48. The predicted octanol–water partition coefficient (Wildman–Crippen LogP) is 5.80. The second-order valence-corrected chi connectivity index (χ2v) is 5.42. The molecule has 1 radical (unpaired) electrons. The highest BCUT2D eigenvalue weighted by atomic mass is 14.1. The van der Waals surface area contributed by atoms with E-state index in [1.165, 1.54) is 43.2 Å². The molecular weight excluding hydrogens is 240 g/mol. The van der Waals surface area contributed by atoms with Gasteiger partial charge in [-0.15, -0.1) is 0 Å². The largest absolute Gasteiger partial charge is 0.0648 e. The molecule has 105 valence electrons. The van der Waals surface area contributed by atoms with E-state index in [0.29, 0.717) is 5.92 Å². The van der Waals surface area contributed by atoms with Crippen LogP contribution in [0.15, 0.2) is 60.7 Å². The van der Waals surface area contributed by atoms with Gasteiger partial charge in [0, 0.05) is 0 Å². The summed E-state index contributed by atoms with van der Waals surface area (Å²) in [6, 6.07) is 21.7. The number of benzene rings is 2. The number of aryl methyl sites for hydroxylation is 1. The normalized spacial score (nSPS) is 12.2. The Morgan fingerprint density at radius 2 is 1.55 bits per heavy atom. The first kappa shape index (κ1) is 14.8. The van der Waals surface area contributed by atoms with Gasteiger partial charge in [-0.2, -0.15) is 0 Å². The van der Waals surface area contributed by atoms with E-state index in [1.54, 1.807) is 0 Å². The Kier molecular flexibility index (Phi) is 6.37. The molecule has 20 heavy (non-hydrogen) atoms. The fourth-order valence-corrected chi connectivity index (χ4v) is 2.68. The Bertz CT molecular complexity index is 458. The van der Waals surface area contributed by atoms with Crippen LogP contribution in [0.25, 0.3) is 0 Å². The Morgan fingerprint density at radius 3 is 2.20 bits per heavy atom. The second kappa shape index (κ2) is 8.58. The molecule has 2 aromatic carbocycles. The Morgan fingerprint density at radius 1 is 0.900 bits per heavy atom. The average Bonchev–Trinajstić information content (AvgIpc) is 2.53. The van der Waals surface area contributed by atoms with E-state index < -0.39 is 0 Å². The molecule has 0 aromatic heterocycles. The zero-order valence-electron chi connectivity index (χ0n) is 12.5. The van der Waals surface area contributed by atoms with Crippen LogP contribution in [0.1, 0.15) is 49.7 Å². The summed E-state index contributed by atoms with van der Waals surface area (Å²) in [5, 5.41) is 0. The molecule has 1 atom stereocenters. The van der Waals surface area contributed by atoms with Gasteiger partial charge in [0.1, 0.15) is 0 Å². The Hall–Kier alpha value is -1.56. The van der Waals surface area contributed by atoms with Gasteiger partial charge in [0.25, 0.3) is 0 Å². The second-order valence-electron chi connectivity index (χ2n) is 5.42. The minimum atomic E-state index is 0.688. The van der Waals surface area contributed by atoms with Gasteiger partial charge in [0.05, 0.1) is 0 Å². The zero-order chi connectivity index (χ0) is 14.0. The van der Waals surface area contributed by atoms with E-state index in [4.69, 9.17) is 0 Å². The number of rotatable bonds is 8. The molecule has 0 N–H and O–H groups in total. The van der Waals surface area contributed by atoms with Crippen LogP contribution in [0.5, 0.6) is 0 Å². The van der Waals surface area contributed by atoms with Gasteiger partial charge in [-0.25, -0.2) is 0 Å². The molecular formula is C20H25. The molecule has 0 aliphatic heterocycles. The molecule has 0 aliphatic rings. The van der Waals surface area contributed by atoms with Crippen LogP contribution in [-0.2, 0) is 6.42 Å². The highest BCUT2D eigenvalue weighted by Gasteiger charge is 2.08. The van der Waals surface area contributed by atoms with Crippen LogP contribution in [0, 0.1) is 6.42 Å². The van der Waals surface area contributed by atoms with Crippen LogP contribution in [-0.4, -0.2) is 0 Å². The van der Waals surface area contributed by atoms with E-state index in [1.807, 2.05) is 0 Å². The van der Waals surface area contributed by atoms with Crippen molar-refractivity contribution in [2.75, 3.05) is 0 Å². The van der Waals surface area contributed by atoms with Crippen molar-refractivity contribution in [3.05, 3.63) is 78.2 Å². The highest BCUT2D eigenvalue weighted by Crippen LogP contribution is 2.25. The van der Waals surface area contributed by atoms with Crippen LogP contribution in [0.2, 0.25) is 0 Å². The van der Waals surface area contributed by atoms with Crippen LogP contribution in [0.4, 0.5) is 0 Å². The fourth-order valence-electron chi connectivity index (χ4n) is 2.68. The molecule has 0 saturated carbocycles. The summed E-state index contributed by atoms with van der Waals surface area (Å²) in [7, 11) is 0. The third-order valence-electron chi connectivity index (χ3n) is 3.93. The molecule has 2 rings (SSSR count).